The molecular formula is C24H30BrN3O5. The SMILES string of the molecule is Cn1c(N(C(=O)OC(C)(C)C)C(=O)OC(C)(C)C)nc([C@H]2C[C@H]2c2ccc(Br)cc2)cc1=O. The van der Waals surface area contributed by atoms with E-state index in [9.17, 15) is 14.4 Å². The first-order valence-electron chi connectivity index (χ1n) is 10.8. The van der Waals surface area contributed by atoms with Crippen molar-refractivity contribution in [2.75, 3.05) is 4.90 Å². The van der Waals surface area contributed by atoms with Crippen LogP contribution >= 0.6 is 15.9 Å². The van der Waals surface area contributed by atoms with Gasteiger partial charge in [-0.3, -0.25) is 9.36 Å². The predicted molar refractivity (Wildman–Crippen MR) is 129 cm³/mol. The average Bonchev–Trinajstić information content (AvgIpc) is 3.43. The Kier molecular flexibility index (Phi) is 6.75. The lowest BCUT2D eigenvalue weighted by atomic mass is 10.1. The number of carbonyl (C=O) groups excluding carboxylic acids is 2. The number of carbonyl (C=O) groups is 2. The molecule has 3 rings (SSSR count). The van der Waals surface area contributed by atoms with Crippen LogP contribution in [0, 0.1) is 0 Å². The van der Waals surface area contributed by atoms with Gasteiger partial charge in [-0.1, -0.05) is 28.1 Å². The number of imide groups is 1. The fraction of sp³-hybridized carbons (Fsp3) is 0.500. The normalized spacial score (nSPS) is 17.9. The van der Waals surface area contributed by atoms with Crippen molar-refractivity contribution in [1.82, 2.24) is 9.55 Å². The first-order valence-corrected chi connectivity index (χ1v) is 11.5. The third-order valence-corrected chi connectivity index (χ3v) is 5.48. The Balaban J connectivity index is 2.00. The number of anilines is 1. The van der Waals surface area contributed by atoms with Gasteiger partial charge in [-0.2, -0.15) is 0 Å². The van der Waals surface area contributed by atoms with E-state index in [1.165, 1.54) is 13.1 Å². The zero-order valence-corrected chi connectivity index (χ0v) is 21.6. The van der Waals surface area contributed by atoms with E-state index in [-0.39, 0.29) is 23.3 Å². The van der Waals surface area contributed by atoms with Gasteiger partial charge in [0, 0.05) is 23.5 Å². The summed E-state index contributed by atoms with van der Waals surface area (Å²) in [6, 6.07) is 9.46. The van der Waals surface area contributed by atoms with Crippen LogP contribution in [0.5, 0.6) is 0 Å². The van der Waals surface area contributed by atoms with Crippen LogP contribution in [0.4, 0.5) is 15.5 Å². The van der Waals surface area contributed by atoms with E-state index < -0.39 is 23.4 Å². The largest absolute Gasteiger partial charge is 0.443 e. The Morgan fingerprint density at radius 2 is 1.52 bits per heavy atom. The second-order valence-electron chi connectivity index (χ2n) is 10.2. The van der Waals surface area contributed by atoms with Crippen molar-refractivity contribution in [3.8, 4) is 0 Å². The summed E-state index contributed by atoms with van der Waals surface area (Å²) in [5, 5.41) is 0. The van der Waals surface area contributed by atoms with Crippen LogP contribution in [0.15, 0.2) is 39.6 Å². The van der Waals surface area contributed by atoms with Gasteiger partial charge in [0.25, 0.3) is 5.56 Å². The van der Waals surface area contributed by atoms with Gasteiger partial charge < -0.3 is 9.47 Å². The van der Waals surface area contributed by atoms with Gasteiger partial charge in [-0.25, -0.2) is 14.6 Å². The third kappa shape index (κ3) is 6.22. The van der Waals surface area contributed by atoms with Gasteiger partial charge in [0.15, 0.2) is 0 Å². The molecule has 2 aromatic rings. The first-order chi connectivity index (χ1) is 15.2. The van der Waals surface area contributed by atoms with Crippen LogP contribution in [-0.2, 0) is 16.5 Å². The summed E-state index contributed by atoms with van der Waals surface area (Å²) in [7, 11) is 1.45. The maximum absolute atomic E-state index is 13.0. The monoisotopic (exact) mass is 519 g/mol. The maximum Gasteiger partial charge on any atom is 0.427 e. The molecule has 1 heterocycles. The molecular weight excluding hydrogens is 490 g/mol. The van der Waals surface area contributed by atoms with Crippen molar-refractivity contribution in [3.63, 3.8) is 0 Å². The number of benzene rings is 1. The molecule has 0 bridgehead atoms. The molecule has 0 aliphatic heterocycles. The Labute approximate surface area is 202 Å². The predicted octanol–water partition coefficient (Wildman–Crippen LogP) is 5.49. The van der Waals surface area contributed by atoms with E-state index in [1.807, 2.05) is 24.3 Å². The van der Waals surface area contributed by atoms with Crippen molar-refractivity contribution in [1.29, 1.82) is 0 Å². The number of rotatable bonds is 3. The lowest BCUT2D eigenvalue weighted by molar-refractivity contribution is 0.0425. The molecule has 33 heavy (non-hydrogen) atoms. The highest BCUT2D eigenvalue weighted by Crippen LogP contribution is 2.54. The molecule has 0 unspecified atom stereocenters. The Hall–Kier alpha value is -2.68. The molecule has 0 N–H and O–H groups in total. The summed E-state index contributed by atoms with van der Waals surface area (Å²) in [5.74, 6) is 0.0856. The van der Waals surface area contributed by atoms with Crippen LogP contribution in [0.1, 0.15) is 71.1 Å². The van der Waals surface area contributed by atoms with Crippen molar-refractivity contribution >= 4 is 34.1 Å². The molecule has 0 radical (unpaired) electrons. The van der Waals surface area contributed by atoms with Gasteiger partial charge in [-0.05, 0) is 71.6 Å². The number of amides is 2. The molecule has 2 atom stereocenters. The molecule has 178 valence electrons. The summed E-state index contributed by atoms with van der Waals surface area (Å²) in [5.41, 5.74) is -0.441. The summed E-state index contributed by atoms with van der Waals surface area (Å²) < 4.78 is 13.0. The molecule has 9 heteroatoms. The van der Waals surface area contributed by atoms with E-state index in [4.69, 9.17) is 9.47 Å². The number of halogens is 1. The van der Waals surface area contributed by atoms with Gasteiger partial charge in [0.1, 0.15) is 11.2 Å². The van der Waals surface area contributed by atoms with E-state index in [0.717, 1.165) is 21.0 Å². The van der Waals surface area contributed by atoms with E-state index in [0.29, 0.717) is 10.6 Å². The van der Waals surface area contributed by atoms with E-state index >= 15 is 0 Å². The van der Waals surface area contributed by atoms with Crippen molar-refractivity contribution in [2.24, 2.45) is 7.05 Å². The Bertz CT molecular complexity index is 1080. The van der Waals surface area contributed by atoms with E-state index in [2.05, 4.69) is 20.9 Å². The number of hydrogen-bond acceptors (Lipinski definition) is 6. The Morgan fingerprint density at radius 3 is 2.00 bits per heavy atom. The van der Waals surface area contributed by atoms with Gasteiger partial charge in [-0.15, -0.1) is 4.90 Å². The first kappa shape index (κ1) is 25.0. The summed E-state index contributed by atoms with van der Waals surface area (Å²) in [6.45, 7) is 10.1. The molecule has 2 amide bonds. The highest BCUT2D eigenvalue weighted by atomic mass is 79.9. The summed E-state index contributed by atoms with van der Waals surface area (Å²) in [6.07, 6.45) is -1.10. The minimum absolute atomic E-state index is 0.0120. The molecule has 1 aromatic carbocycles. The number of ether oxygens (including phenoxy) is 2. The van der Waals surface area contributed by atoms with Gasteiger partial charge >= 0.3 is 12.2 Å². The molecule has 0 spiro atoms. The van der Waals surface area contributed by atoms with E-state index in [1.54, 1.807) is 41.5 Å². The molecule has 1 fully saturated rings. The van der Waals surface area contributed by atoms with Crippen molar-refractivity contribution < 1.29 is 19.1 Å². The topological polar surface area (TPSA) is 90.7 Å². The highest BCUT2D eigenvalue weighted by Gasteiger charge is 2.42. The third-order valence-electron chi connectivity index (χ3n) is 4.95. The smallest absolute Gasteiger partial charge is 0.427 e. The van der Waals surface area contributed by atoms with Crippen LogP contribution in [-0.4, -0.2) is 32.9 Å². The van der Waals surface area contributed by atoms with Gasteiger partial charge in [0.2, 0.25) is 5.95 Å². The van der Waals surface area contributed by atoms with Crippen LogP contribution in [0.3, 0.4) is 0 Å². The fourth-order valence-electron chi connectivity index (χ4n) is 3.39. The summed E-state index contributed by atoms with van der Waals surface area (Å²) >= 11 is 3.44. The Morgan fingerprint density at radius 1 is 1.00 bits per heavy atom. The van der Waals surface area contributed by atoms with Crippen LogP contribution in [0.2, 0.25) is 0 Å². The van der Waals surface area contributed by atoms with Crippen LogP contribution < -0.4 is 10.5 Å². The molecule has 1 aliphatic rings. The standard InChI is InChI=1S/C24H30BrN3O5/c1-23(2,3)32-21(30)28(22(31)33-24(4,5)6)20-26-18(13-19(29)27(20)7)17-12-16(17)14-8-10-15(25)11-9-14/h8-11,13,16-17H,12H2,1-7H3/t16-,17-/m0/s1. The minimum Gasteiger partial charge on any atom is -0.443 e. The molecule has 1 saturated carbocycles. The second kappa shape index (κ2) is 8.93. The maximum atomic E-state index is 13.0. The minimum atomic E-state index is -0.961. The molecule has 1 aliphatic carbocycles. The van der Waals surface area contributed by atoms with Crippen molar-refractivity contribution in [3.05, 3.63) is 56.4 Å². The zero-order chi connectivity index (χ0) is 24.7. The fourth-order valence-corrected chi connectivity index (χ4v) is 3.65. The molecule has 0 saturated heterocycles. The zero-order valence-electron chi connectivity index (χ0n) is 20.0. The number of hydrogen-bond donors (Lipinski definition) is 0. The molecule has 8 nitrogen and oxygen atoms in total. The quantitative estimate of drug-likeness (QED) is 0.532. The number of nitrogens with zero attached hydrogens (tertiary/aromatic N) is 3. The average molecular weight is 520 g/mol. The summed E-state index contributed by atoms with van der Waals surface area (Å²) in [4.78, 5) is 44.1. The van der Waals surface area contributed by atoms with Crippen LogP contribution in [0.25, 0.3) is 0 Å². The van der Waals surface area contributed by atoms with Crippen molar-refractivity contribution in [2.45, 2.75) is 71.0 Å². The van der Waals surface area contributed by atoms with Gasteiger partial charge in [0.05, 0.1) is 5.69 Å². The number of aromatic nitrogens is 2. The lowest BCUT2D eigenvalue weighted by Gasteiger charge is -2.28. The second-order valence-corrected chi connectivity index (χ2v) is 11.1. The molecule has 1 aromatic heterocycles. The lowest BCUT2D eigenvalue weighted by Crippen LogP contribution is -2.46. The highest BCUT2D eigenvalue weighted by molar-refractivity contribution is 9.10.